The molecule has 1 aromatic rings. The lowest BCUT2D eigenvalue weighted by atomic mass is 10.2. The zero-order valence-corrected chi connectivity index (χ0v) is 8.77. The summed E-state index contributed by atoms with van der Waals surface area (Å²) in [7, 11) is 0. The van der Waals surface area contributed by atoms with E-state index in [1.54, 1.807) is 19.1 Å². The monoisotopic (exact) mass is 221 g/mol. The normalized spacial score (nSPS) is 16.1. The Balaban J connectivity index is 2.22. The number of carbonyl (C=O) groups is 2. The zero-order chi connectivity index (χ0) is 11.7. The van der Waals surface area contributed by atoms with Crippen LogP contribution in [0, 0.1) is 0 Å². The van der Waals surface area contributed by atoms with Crippen LogP contribution in [0.5, 0.6) is 0 Å². The summed E-state index contributed by atoms with van der Waals surface area (Å²) in [5, 5.41) is 8.89. The zero-order valence-electron chi connectivity index (χ0n) is 8.77. The Kier molecular flexibility index (Phi) is 2.52. The third kappa shape index (κ3) is 1.71. The number of aliphatic carboxylic acids is 1. The van der Waals surface area contributed by atoms with Crippen LogP contribution in [0.3, 0.4) is 0 Å². The largest absolute Gasteiger partial charge is 0.478 e. The van der Waals surface area contributed by atoms with Gasteiger partial charge in [0.05, 0.1) is 24.8 Å². The van der Waals surface area contributed by atoms with Gasteiger partial charge in [0.25, 0.3) is 0 Å². The Morgan fingerprint density at radius 2 is 2.38 bits per heavy atom. The molecule has 0 saturated carbocycles. The van der Waals surface area contributed by atoms with Crippen LogP contribution in [0.1, 0.15) is 19.1 Å². The molecule has 5 nitrogen and oxygen atoms in total. The standard InChI is InChI=1S/C11H11NO4/c1-7-9(11(14)15)5-10(13)12(7)6-8-3-2-4-16-8/h2-4H,5-6H2,1H3,(H,14,15). The highest BCUT2D eigenvalue weighted by Gasteiger charge is 2.31. The molecule has 0 atom stereocenters. The van der Waals surface area contributed by atoms with Gasteiger partial charge in [-0.15, -0.1) is 0 Å². The molecule has 84 valence electrons. The minimum absolute atomic E-state index is 0.0398. The summed E-state index contributed by atoms with van der Waals surface area (Å²) >= 11 is 0. The lowest BCUT2D eigenvalue weighted by Gasteiger charge is -2.16. The predicted molar refractivity (Wildman–Crippen MR) is 54.2 cm³/mol. The number of carboxylic acid groups (broad SMARTS) is 1. The van der Waals surface area contributed by atoms with Gasteiger partial charge in [-0.1, -0.05) is 0 Å². The minimum atomic E-state index is -1.03. The number of carbonyl (C=O) groups excluding carboxylic acids is 1. The second-order valence-corrected chi connectivity index (χ2v) is 3.61. The van der Waals surface area contributed by atoms with E-state index in [1.165, 1.54) is 11.2 Å². The molecule has 16 heavy (non-hydrogen) atoms. The molecule has 0 fully saturated rings. The molecule has 2 heterocycles. The molecule has 1 amide bonds. The predicted octanol–water partition coefficient (Wildman–Crippen LogP) is 1.37. The summed E-state index contributed by atoms with van der Waals surface area (Å²) in [6.45, 7) is 1.92. The summed E-state index contributed by atoms with van der Waals surface area (Å²) in [4.78, 5) is 23.9. The summed E-state index contributed by atoms with van der Waals surface area (Å²) in [6.07, 6.45) is 1.48. The summed E-state index contributed by atoms with van der Waals surface area (Å²) < 4.78 is 5.12. The van der Waals surface area contributed by atoms with Crippen LogP contribution in [0.2, 0.25) is 0 Å². The molecule has 0 bridgehead atoms. The van der Waals surface area contributed by atoms with Crippen LogP contribution in [-0.2, 0) is 16.1 Å². The van der Waals surface area contributed by atoms with E-state index in [4.69, 9.17) is 9.52 Å². The van der Waals surface area contributed by atoms with Crippen molar-refractivity contribution in [2.24, 2.45) is 0 Å². The Hall–Kier alpha value is -2.04. The number of rotatable bonds is 3. The summed E-state index contributed by atoms with van der Waals surface area (Å²) in [5.41, 5.74) is 0.658. The molecule has 0 unspecified atom stereocenters. The topological polar surface area (TPSA) is 70.8 Å². The average Bonchev–Trinajstić information content (AvgIpc) is 2.81. The van der Waals surface area contributed by atoms with Gasteiger partial charge < -0.3 is 14.4 Å². The fourth-order valence-electron chi connectivity index (χ4n) is 1.72. The highest BCUT2D eigenvalue weighted by molar-refractivity contribution is 5.99. The van der Waals surface area contributed by atoms with Gasteiger partial charge in [-0.2, -0.15) is 0 Å². The fraction of sp³-hybridized carbons (Fsp3) is 0.273. The Labute approximate surface area is 92.0 Å². The van der Waals surface area contributed by atoms with Crippen molar-refractivity contribution < 1.29 is 19.1 Å². The maximum Gasteiger partial charge on any atom is 0.333 e. The van der Waals surface area contributed by atoms with Gasteiger partial charge in [-0.25, -0.2) is 4.79 Å². The van der Waals surface area contributed by atoms with E-state index in [0.717, 1.165) is 0 Å². The number of allylic oxidation sites excluding steroid dienone is 1. The highest BCUT2D eigenvalue weighted by Crippen LogP contribution is 2.25. The molecule has 0 aromatic carbocycles. The number of furan rings is 1. The first-order valence-corrected chi connectivity index (χ1v) is 4.85. The smallest absolute Gasteiger partial charge is 0.333 e. The molecule has 0 aliphatic carbocycles. The maximum atomic E-state index is 11.6. The third-order valence-corrected chi connectivity index (χ3v) is 2.62. The van der Waals surface area contributed by atoms with Crippen molar-refractivity contribution in [3.63, 3.8) is 0 Å². The summed E-state index contributed by atoms with van der Waals surface area (Å²) in [6, 6.07) is 3.48. The Morgan fingerprint density at radius 3 is 2.88 bits per heavy atom. The molecule has 1 aliphatic rings. The first kappa shape index (κ1) is 10.5. The Bertz CT molecular complexity index is 458. The van der Waals surface area contributed by atoms with Crippen LogP contribution in [0.4, 0.5) is 0 Å². The van der Waals surface area contributed by atoms with Crippen molar-refractivity contribution in [1.82, 2.24) is 4.90 Å². The number of hydrogen-bond donors (Lipinski definition) is 1. The van der Waals surface area contributed by atoms with Crippen LogP contribution in [0.15, 0.2) is 34.1 Å². The van der Waals surface area contributed by atoms with Gasteiger partial charge in [0.2, 0.25) is 5.91 Å². The molecule has 0 radical (unpaired) electrons. The maximum absolute atomic E-state index is 11.6. The van der Waals surface area contributed by atoms with E-state index < -0.39 is 5.97 Å². The highest BCUT2D eigenvalue weighted by atomic mass is 16.4. The quantitative estimate of drug-likeness (QED) is 0.836. The van der Waals surface area contributed by atoms with Gasteiger partial charge in [-0.3, -0.25) is 4.79 Å². The second kappa shape index (κ2) is 3.84. The summed E-state index contributed by atoms with van der Waals surface area (Å²) in [5.74, 6) is -0.599. The van der Waals surface area contributed by atoms with Gasteiger partial charge in [0.1, 0.15) is 5.76 Å². The van der Waals surface area contributed by atoms with Crippen molar-refractivity contribution in [3.05, 3.63) is 35.4 Å². The van der Waals surface area contributed by atoms with E-state index >= 15 is 0 Å². The third-order valence-electron chi connectivity index (χ3n) is 2.62. The molecule has 1 aromatic heterocycles. The van der Waals surface area contributed by atoms with E-state index in [9.17, 15) is 9.59 Å². The molecule has 1 N–H and O–H groups in total. The van der Waals surface area contributed by atoms with Crippen molar-refractivity contribution >= 4 is 11.9 Å². The van der Waals surface area contributed by atoms with Crippen molar-refractivity contribution in [3.8, 4) is 0 Å². The van der Waals surface area contributed by atoms with Gasteiger partial charge in [0, 0.05) is 5.70 Å². The SMILES string of the molecule is CC1=C(C(=O)O)CC(=O)N1Cc1ccco1. The molecule has 1 aliphatic heterocycles. The van der Waals surface area contributed by atoms with Crippen LogP contribution >= 0.6 is 0 Å². The van der Waals surface area contributed by atoms with Crippen molar-refractivity contribution in [2.45, 2.75) is 19.9 Å². The van der Waals surface area contributed by atoms with E-state index in [2.05, 4.69) is 0 Å². The molecule has 0 saturated heterocycles. The average molecular weight is 221 g/mol. The van der Waals surface area contributed by atoms with E-state index in [0.29, 0.717) is 11.5 Å². The van der Waals surface area contributed by atoms with E-state index in [1.807, 2.05) is 0 Å². The number of hydrogen-bond acceptors (Lipinski definition) is 3. The van der Waals surface area contributed by atoms with Crippen LogP contribution < -0.4 is 0 Å². The minimum Gasteiger partial charge on any atom is -0.478 e. The van der Waals surface area contributed by atoms with Gasteiger partial charge in [-0.05, 0) is 19.1 Å². The van der Waals surface area contributed by atoms with Gasteiger partial charge in [0.15, 0.2) is 0 Å². The molecular formula is C11H11NO4. The lowest BCUT2D eigenvalue weighted by Crippen LogP contribution is -2.23. The van der Waals surface area contributed by atoms with Gasteiger partial charge >= 0.3 is 5.97 Å². The molecule has 0 spiro atoms. The number of carboxylic acids is 1. The first-order valence-electron chi connectivity index (χ1n) is 4.85. The lowest BCUT2D eigenvalue weighted by molar-refractivity contribution is -0.134. The fourth-order valence-corrected chi connectivity index (χ4v) is 1.72. The number of amides is 1. The van der Waals surface area contributed by atoms with E-state index in [-0.39, 0.29) is 24.4 Å². The molecular weight excluding hydrogens is 210 g/mol. The van der Waals surface area contributed by atoms with Crippen molar-refractivity contribution in [1.29, 1.82) is 0 Å². The Morgan fingerprint density at radius 1 is 1.62 bits per heavy atom. The van der Waals surface area contributed by atoms with Crippen LogP contribution in [-0.4, -0.2) is 21.9 Å². The van der Waals surface area contributed by atoms with Crippen molar-refractivity contribution in [2.75, 3.05) is 0 Å². The molecule has 5 heteroatoms. The second-order valence-electron chi connectivity index (χ2n) is 3.61. The molecule has 2 rings (SSSR count). The van der Waals surface area contributed by atoms with Crippen LogP contribution in [0.25, 0.3) is 0 Å². The first-order chi connectivity index (χ1) is 7.59. The number of nitrogens with zero attached hydrogens (tertiary/aromatic N) is 1.